The number of piperidine rings is 1. The van der Waals surface area contributed by atoms with Crippen molar-refractivity contribution in [2.75, 3.05) is 13.1 Å². The number of likely N-dealkylation sites (tertiary alicyclic amines) is 1. The number of nitrogens with zero attached hydrogens (tertiary/aromatic N) is 1. The maximum absolute atomic E-state index is 13.8. The molecule has 1 saturated heterocycles. The fraction of sp³-hybridized carbons (Fsp3) is 0.345. The van der Waals surface area contributed by atoms with Gasteiger partial charge in [-0.15, -0.1) is 0 Å². The van der Waals surface area contributed by atoms with Gasteiger partial charge in [0.05, 0.1) is 17.5 Å². The molecule has 4 rings (SSSR count). The van der Waals surface area contributed by atoms with Crippen LogP contribution in [0.1, 0.15) is 60.9 Å². The van der Waals surface area contributed by atoms with Crippen LogP contribution in [0.25, 0.3) is 11.1 Å². The first-order chi connectivity index (χ1) is 17.0. The highest BCUT2D eigenvalue weighted by atomic mass is 19.4. The van der Waals surface area contributed by atoms with Crippen LogP contribution in [0.15, 0.2) is 66.7 Å². The number of carboxylic acid groups (broad SMARTS) is 1. The van der Waals surface area contributed by atoms with Gasteiger partial charge < -0.3 is 5.11 Å². The highest BCUT2D eigenvalue weighted by Gasteiger charge is 2.31. The summed E-state index contributed by atoms with van der Waals surface area (Å²) in [6, 6.07) is 16.4. The third-order valence-electron chi connectivity index (χ3n) is 7.13. The molecule has 1 heterocycles. The monoisotopic (exact) mass is 499 g/mol. The van der Waals surface area contributed by atoms with Crippen LogP contribution < -0.4 is 0 Å². The van der Waals surface area contributed by atoms with Gasteiger partial charge in [-0.05, 0) is 96.9 Å². The SMILES string of the molecule is CC1CCN([C@H](c2ccc(F)cc2)c2ccc([C@H](C)C(=O)O)cc2-c2ccc(C(F)(F)F)cc2)CC1. The second kappa shape index (κ2) is 10.4. The summed E-state index contributed by atoms with van der Waals surface area (Å²) in [7, 11) is 0. The number of halogens is 4. The third kappa shape index (κ3) is 5.62. The highest BCUT2D eigenvalue weighted by molar-refractivity contribution is 5.78. The number of carbonyl (C=O) groups is 1. The lowest BCUT2D eigenvalue weighted by Crippen LogP contribution is -2.37. The molecule has 2 atom stereocenters. The maximum atomic E-state index is 13.8. The molecule has 3 aromatic rings. The van der Waals surface area contributed by atoms with Gasteiger partial charge in [-0.1, -0.05) is 43.3 Å². The molecule has 0 aliphatic carbocycles. The van der Waals surface area contributed by atoms with E-state index in [0.717, 1.165) is 49.2 Å². The normalized spacial score (nSPS) is 17.1. The lowest BCUT2D eigenvalue weighted by molar-refractivity contribution is -0.138. The van der Waals surface area contributed by atoms with E-state index in [1.54, 1.807) is 31.2 Å². The molecule has 190 valence electrons. The van der Waals surface area contributed by atoms with E-state index in [4.69, 9.17) is 0 Å². The van der Waals surface area contributed by atoms with Gasteiger partial charge in [-0.25, -0.2) is 4.39 Å². The van der Waals surface area contributed by atoms with Gasteiger partial charge >= 0.3 is 12.1 Å². The minimum atomic E-state index is -4.46. The van der Waals surface area contributed by atoms with Gasteiger partial charge in [0.25, 0.3) is 0 Å². The molecule has 7 heteroatoms. The van der Waals surface area contributed by atoms with Crippen molar-refractivity contribution in [1.29, 1.82) is 0 Å². The number of aliphatic carboxylic acids is 1. The molecule has 0 aromatic heterocycles. The van der Waals surface area contributed by atoms with Crippen molar-refractivity contribution in [3.05, 3.63) is 94.8 Å². The summed E-state index contributed by atoms with van der Waals surface area (Å²) in [6.07, 6.45) is -2.45. The molecule has 1 aliphatic heterocycles. The van der Waals surface area contributed by atoms with Crippen molar-refractivity contribution in [3.8, 4) is 11.1 Å². The Balaban J connectivity index is 1.88. The summed E-state index contributed by atoms with van der Waals surface area (Å²) < 4.78 is 53.4. The fourth-order valence-corrected chi connectivity index (χ4v) is 4.83. The summed E-state index contributed by atoms with van der Waals surface area (Å²) in [5, 5.41) is 9.57. The number of benzene rings is 3. The van der Waals surface area contributed by atoms with Crippen molar-refractivity contribution >= 4 is 5.97 Å². The first-order valence-corrected chi connectivity index (χ1v) is 12.1. The molecule has 0 radical (unpaired) electrons. The van der Waals surface area contributed by atoms with E-state index in [1.165, 1.54) is 24.3 Å². The Hall–Kier alpha value is -3.19. The number of alkyl halides is 3. The zero-order chi connectivity index (χ0) is 26.0. The summed E-state index contributed by atoms with van der Waals surface area (Å²) >= 11 is 0. The first-order valence-electron chi connectivity index (χ1n) is 12.1. The second-order valence-electron chi connectivity index (χ2n) is 9.65. The Bertz CT molecular complexity index is 1200. The van der Waals surface area contributed by atoms with E-state index in [9.17, 15) is 27.5 Å². The summed E-state index contributed by atoms with van der Waals surface area (Å²) in [4.78, 5) is 14.0. The second-order valence-corrected chi connectivity index (χ2v) is 9.65. The largest absolute Gasteiger partial charge is 0.481 e. The van der Waals surface area contributed by atoms with Crippen molar-refractivity contribution in [2.24, 2.45) is 5.92 Å². The van der Waals surface area contributed by atoms with Crippen LogP contribution in [0.2, 0.25) is 0 Å². The quantitative estimate of drug-likeness (QED) is 0.357. The molecule has 0 unspecified atom stereocenters. The average molecular weight is 500 g/mol. The Morgan fingerprint density at radius 2 is 1.53 bits per heavy atom. The van der Waals surface area contributed by atoms with Crippen molar-refractivity contribution < 1.29 is 27.5 Å². The molecule has 3 aromatic carbocycles. The minimum absolute atomic E-state index is 0.260. The van der Waals surface area contributed by atoms with Gasteiger partial charge in [-0.3, -0.25) is 9.69 Å². The van der Waals surface area contributed by atoms with Crippen molar-refractivity contribution in [1.82, 2.24) is 4.90 Å². The highest BCUT2D eigenvalue weighted by Crippen LogP contribution is 2.40. The standard InChI is InChI=1S/C29H29F4NO2/c1-18-13-15-34(16-14-18)27(21-5-10-24(30)11-6-21)25-12-7-22(19(2)28(35)36)17-26(25)20-3-8-23(9-4-20)29(31,32)33/h3-12,17-19,27H,13-16H2,1-2H3,(H,35,36)/t19-,27+/m0/s1. The van der Waals surface area contributed by atoms with Gasteiger partial charge in [-0.2, -0.15) is 13.2 Å². The van der Waals surface area contributed by atoms with Crippen LogP contribution in [-0.4, -0.2) is 29.1 Å². The van der Waals surface area contributed by atoms with Gasteiger partial charge in [0.2, 0.25) is 0 Å². The van der Waals surface area contributed by atoms with Crippen molar-refractivity contribution in [3.63, 3.8) is 0 Å². The topological polar surface area (TPSA) is 40.5 Å². The average Bonchev–Trinajstić information content (AvgIpc) is 2.85. The van der Waals surface area contributed by atoms with Crippen LogP contribution in [0.5, 0.6) is 0 Å². The fourth-order valence-electron chi connectivity index (χ4n) is 4.83. The molecule has 0 spiro atoms. The molecule has 1 N–H and O–H groups in total. The van der Waals surface area contributed by atoms with E-state index < -0.39 is 23.6 Å². The Kier molecular flexibility index (Phi) is 7.50. The van der Waals surface area contributed by atoms with Gasteiger partial charge in [0, 0.05) is 0 Å². The van der Waals surface area contributed by atoms with Crippen molar-refractivity contribution in [2.45, 2.75) is 44.8 Å². The minimum Gasteiger partial charge on any atom is -0.481 e. The summed E-state index contributed by atoms with van der Waals surface area (Å²) in [5.74, 6) is -1.53. The van der Waals surface area contributed by atoms with E-state index in [2.05, 4.69) is 11.8 Å². The zero-order valence-electron chi connectivity index (χ0n) is 20.2. The maximum Gasteiger partial charge on any atom is 0.416 e. The number of carboxylic acids is 1. The number of hydrogen-bond acceptors (Lipinski definition) is 2. The molecule has 3 nitrogen and oxygen atoms in total. The lowest BCUT2D eigenvalue weighted by Gasteiger charge is -2.38. The molecule has 0 amide bonds. The Morgan fingerprint density at radius 1 is 0.944 bits per heavy atom. The summed E-state index contributed by atoms with van der Waals surface area (Å²) in [5.41, 5.74) is 2.77. The van der Waals surface area contributed by atoms with Gasteiger partial charge in [0.15, 0.2) is 0 Å². The number of hydrogen-bond donors (Lipinski definition) is 1. The smallest absolute Gasteiger partial charge is 0.416 e. The lowest BCUT2D eigenvalue weighted by atomic mass is 9.85. The van der Waals surface area contributed by atoms with E-state index in [-0.39, 0.29) is 11.9 Å². The number of rotatable bonds is 6. The van der Waals surface area contributed by atoms with E-state index in [0.29, 0.717) is 22.6 Å². The first kappa shape index (κ1) is 25.9. The zero-order valence-corrected chi connectivity index (χ0v) is 20.2. The Morgan fingerprint density at radius 3 is 2.08 bits per heavy atom. The van der Waals surface area contributed by atoms with Crippen LogP contribution in [0.4, 0.5) is 17.6 Å². The van der Waals surface area contributed by atoms with Crippen LogP contribution in [0.3, 0.4) is 0 Å². The van der Waals surface area contributed by atoms with Crippen LogP contribution in [-0.2, 0) is 11.0 Å². The third-order valence-corrected chi connectivity index (χ3v) is 7.13. The van der Waals surface area contributed by atoms with Gasteiger partial charge in [0.1, 0.15) is 5.82 Å². The predicted octanol–water partition coefficient (Wildman–Crippen LogP) is 7.52. The molecule has 1 aliphatic rings. The Labute approximate surface area is 208 Å². The molecule has 36 heavy (non-hydrogen) atoms. The van der Waals surface area contributed by atoms with E-state index in [1.807, 2.05) is 6.07 Å². The van der Waals surface area contributed by atoms with Crippen LogP contribution >= 0.6 is 0 Å². The summed E-state index contributed by atoms with van der Waals surface area (Å²) in [6.45, 7) is 5.43. The van der Waals surface area contributed by atoms with E-state index >= 15 is 0 Å². The van der Waals surface area contributed by atoms with Crippen LogP contribution in [0, 0.1) is 11.7 Å². The molecule has 0 saturated carbocycles. The predicted molar refractivity (Wildman–Crippen MR) is 131 cm³/mol. The molecular weight excluding hydrogens is 470 g/mol. The molecule has 0 bridgehead atoms. The molecular formula is C29H29F4NO2. The molecule has 1 fully saturated rings.